The molecule has 1 unspecified atom stereocenters. The Morgan fingerprint density at radius 1 is 0.783 bits per heavy atom. The molecule has 1 N–H and O–H groups in total. The molecule has 138 valence electrons. The van der Waals surface area contributed by atoms with E-state index in [1.807, 2.05) is 0 Å². The summed E-state index contributed by atoms with van der Waals surface area (Å²) in [5.41, 5.74) is 0. The van der Waals surface area contributed by atoms with Gasteiger partial charge in [0.1, 0.15) is 0 Å². The molecule has 0 saturated heterocycles. The van der Waals surface area contributed by atoms with Crippen LogP contribution in [-0.4, -0.2) is 24.8 Å². The molecular weight excluding hydrogens is 288 g/mol. The third-order valence-corrected chi connectivity index (χ3v) is 4.54. The zero-order valence-electron chi connectivity index (χ0n) is 15.7. The topological polar surface area (TPSA) is 46.5 Å². The number of unbranched alkanes of at least 4 members (excludes halogenated alkanes) is 12. The first-order chi connectivity index (χ1) is 11.2. The molecule has 0 saturated carbocycles. The Morgan fingerprint density at radius 3 is 1.57 bits per heavy atom. The van der Waals surface area contributed by atoms with Crippen LogP contribution >= 0.6 is 0 Å². The molecule has 0 aliphatic rings. The van der Waals surface area contributed by atoms with E-state index in [1.165, 1.54) is 77.0 Å². The Bertz CT molecular complexity index is 253. The highest BCUT2D eigenvalue weighted by molar-refractivity contribution is 5.66. The van der Waals surface area contributed by atoms with Crippen LogP contribution in [0.4, 0.5) is 0 Å². The zero-order valence-corrected chi connectivity index (χ0v) is 15.7. The van der Waals surface area contributed by atoms with E-state index < -0.39 is 5.97 Å². The smallest absolute Gasteiger partial charge is 0.303 e. The summed E-state index contributed by atoms with van der Waals surface area (Å²) in [6, 6.07) is 0. The average molecular weight is 329 g/mol. The molecule has 0 aromatic rings. The van der Waals surface area contributed by atoms with Crippen molar-refractivity contribution in [3.8, 4) is 0 Å². The monoisotopic (exact) mass is 328 g/mol. The fourth-order valence-corrected chi connectivity index (χ4v) is 3.08. The van der Waals surface area contributed by atoms with Gasteiger partial charge in [0.15, 0.2) is 0 Å². The van der Waals surface area contributed by atoms with Crippen molar-refractivity contribution < 1.29 is 14.6 Å². The molecule has 0 aliphatic carbocycles. The first-order valence-corrected chi connectivity index (χ1v) is 9.87. The van der Waals surface area contributed by atoms with Crippen molar-refractivity contribution in [1.82, 2.24) is 0 Å². The van der Waals surface area contributed by atoms with E-state index in [9.17, 15) is 4.79 Å². The predicted octanol–water partition coefficient (Wildman–Crippen LogP) is 6.21. The van der Waals surface area contributed by atoms with Gasteiger partial charge in [0, 0.05) is 20.1 Å². The van der Waals surface area contributed by atoms with Crippen LogP contribution in [0.3, 0.4) is 0 Å². The second-order valence-corrected chi connectivity index (χ2v) is 7.09. The van der Waals surface area contributed by atoms with Gasteiger partial charge in [-0.1, -0.05) is 84.0 Å². The first-order valence-electron chi connectivity index (χ1n) is 9.87. The number of carboxylic acid groups (broad SMARTS) is 1. The van der Waals surface area contributed by atoms with Crippen LogP contribution < -0.4 is 0 Å². The largest absolute Gasteiger partial charge is 0.481 e. The highest BCUT2D eigenvalue weighted by Gasteiger charge is 2.00. The summed E-state index contributed by atoms with van der Waals surface area (Å²) < 4.78 is 5.16. The number of methoxy groups -OCH3 is 1. The lowest BCUT2D eigenvalue weighted by atomic mass is 10.0. The Kier molecular flexibility index (Phi) is 17.3. The molecule has 0 heterocycles. The molecule has 23 heavy (non-hydrogen) atoms. The fraction of sp³-hybridized carbons (Fsp3) is 0.950. The van der Waals surface area contributed by atoms with Crippen LogP contribution in [0.2, 0.25) is 0 Å². The lowest BCUT2D eigenvalue weighted by molar-refractivity contribution is -0.137. The van der Waals surface area contributed by atoms with E-state index in [0.29, 0.717) is 12.3 Å². The summed E-state index contributed by atoms with van der Waals surface area (Å²) in [5, 5.41) is 8.55. The van der Waals surface area contributed by atoms with E-state index in [-0.39, 0.29) is 0 Å². The molecule has 0 aliphatic heterocycles. The van der Waals surface area contributed by atoms with E-state index in [4.69, 9.17) is 9.84 Å². The van der Waals surface area contributed by atoms with E-state index in [0.717, 1.165) is 19.4 Å². The van der Waals surface area contributed by atoms with E-state index >= 15 is 0 Å². The normalized spacial score (nSPS) is 12.4. The van der Waals surface area contributed by atoms with Gasteiger partial charge in [0.05, 0.1) is 0 Å². The van der Waals surface area contributed by atoms with Crippen LogP contribution in [0.25, 0.3) is 0 Å². The minimum absolute atomic E-state index is 0.339. The number of carbonyl (C=O) groups is 1. The average Bonchev–Trinajstić information content (AvgIpc) is 2.51. The van der Waals surface area contributed by atoms with Crippen molar-refractivity contribution >= 4 is 5.97 Å². The second-order valence-electron chi connectivity index (χ2n) is 7.09. The Morgan fingerprint density at radius 2 is 1.17 bits per heavy atom. The van der Waals surface area contributed by atoms with Gasteiger partial charge in [-0.05, 0) is 18.8 Å². The molecule has 0 radical (unpaired) electrons. The highest BCUT2D eigenvalue weighted by Crippen LogP contribution is 2.14. The van der Waals surface area contributed by atoms with Gasteiger partial charge in [-0.3, -0.25) is 4.79 Å². The minimum Gasteiger partial charge on any atom is -0.481 e. The van der Waals surface area contributed by atoms with Crippen molar-refractivity contribution in [3.63, 3.8) is 0 Å². The van der Waals surface area contributed by atoms with Crippen LogP contribution in [0.5, 0.6) is 0 Å². The molecule has 3 heteroatoms. The fourth-order valence-electron chi connectivity index (χ4n) is 3.08. The van der Waals surface area contributed by atoms with Crippen molar-refractivity contribution in [1.29, 1.82) is 0 Å². The molecule has 1 atom stereocenters. The van der Waals surface area contributed by atoms with Crippen molar-refractivity contribution in [3.05, 3.63) is 0 Å². The van der Waals surface area contributed by atoms with Crippen LogP contribution in [0.15, 0.2) is 0 Å². The summed E-state index contributed by atoms with van der Waals surface area (Å²) in [6.07, 6.45) is 18.4. The third-order valence-electron chi connectivity index (χ3n) is 4.54. The Balaban J connectivity index is 3.04. The third kappa shape index (κ3) is 19.4. The summed E-state index contributed by atoms with van der Waals surface area (Å²) in [6.45, 7) is 3.18. The Labute approximate surface area is 144 Å². The van der Waals surface area contributed by atoms with Gasteiger partial charge >= 0.3 is 5.97 Å². The lowest BCUT2D eigenvalue weighted by Gasteiger charge is -2.09. The zero-order chi connectivity index (χ0) is 17.2. The molecule has 0 aromatic carbocycles. The summed E-state index contributed by atoms with van der Waals surface area (Å²) in [5.74, 6) is 0.0543. The van der Waals surface area contributed by atoms with Gasteiger partial charge in [-0.15, -0.1) is 0 Å². The van der Waals surface area contributed by atoms with Crippen molar-refractivity contribution in [2.45, 2.75) is 103 Å². The maximum absolute atomic E-state index is 10.4. The molecule has 0 rings (SSSR count). The van der Waals surface area contributed by atoms with Crippen LogP contribution in [-0.2, 0) is 9.53 Å². The highest BCUT2D eigenvalue weighted by atomic mass is 16.5. The van der Waals surface area contributed by atoms with Gasteiger partial charge < -0.3 is 9.84 Å². The molecule has 0 amide bonds. The number of ether oxygens (including phenoxy) is 1. The number of rotatable bonds is 18. The van der Waals surface area contributed by atoms with E-state index in [1.54, 1.807) is 7.11 Å². The molecular formula is C20H40O3. The Hall–Kier alpha value is -0.570. The molecule has 0 fully saturated rings. The second kappa shape index (κ2) is 17.8. The summed E-state index contributed by atoms with van der Waals surface area (Å²) >= 11 is 0. The number of hydrogen-bond donors (Lipinski definition) is 1. The van der Waals surface area contributed by atoms with Crippen LogP contribution in [0, 0.1) is 5.92 Å². The SMILES string of the molecule is COCC(C)CCCCCCCCCCCCCCCC(=O)O. The molecule has 0 aromatic heterocycles. The quantitative estimate of drug-likeness (QED) is 0.304. The lowest BCUT2D eigenvalue weighted by Crippen LogP contribution is -2.02. The van der Waals surface area contributed by atoms with Crippen LogP contribution in [0.1, 0.15) is 103 Å². The van der Waals surface area contributed by atoms with Crippen molar-refractivity contribution in [2.75, 3.05) is 13.7 Å². The van der Waals surface area contributed by atoms with Crippen molar-refractivity contribution in [2.24, 2.45) is 5.92 Å². The number of hydrogen-bond acceptors (Lipinski definition) is 2. The molecule has 3 nitrogen and oxygen atoms in total. The number of carboxylic acids is 1. The summed E-state index contributed by atoms with van der Waals surface area (Å²) in [4.78, 5) is 10.4. The molecule has 0 bridgehead atoms. The van der Waals surface area contributed by atoms with Gasteiger partial charge in [-0.2, -0.15) is 0 Å². The predicted molar refractivity (Wildman–Crippen MR) is 97.9 cm³/mol. The molecule has 0 spiro atoms. The standard InChI is InChI=1S/C20H40O3/c1-19(18-23-2)16-14-12-10-8-6-4-3-5-7-9-11-13-15-17-20(21)22/h19H,3-18H2,1-2H3,(H,21,22). The first kappa shape index (κ1) is 22.4. The maximum Gasteiger partial charge on any atom is 0.303 e. The van der Waals surface area contributed by atoms with Gasteiger partial charge in [-0.25, -0.2) is 0 Å². The van der Waals surface area contributed by atoms with Gasteiger partial charge in [0.2, 0.25) is 0 Å². The van der Waals surface area contributed by atoms with Gasteiger partial charge in [0.25, 0.3) is 0 Å². The minimum atomic E-state index is -0.658. The number of aliphatic carboxylic acids is 1. The van der Waals surface area contributed by atoms with E-state index in [2.05, 4.69) is 6.92 Å². The summed E-state index contributed by atoms with van der Waals surface area (Å²) in [7, 11) is 1.79. The maximum atomic E-state index is 10.4.